The van der Waals surface area contributed by atoms with E-state index >= 15 is 0 Å². The van der Waals surface area contributed by atoms with Crippen molar-refractivity contribution in [3.05, 3.63) is 35.4 Å². The second-order valence-electron chi connectivity index (χ2n) is 6.25. The summed E-state index contributed by atoms with van der Waals surface area (Å²) < 4.78 is 10.9. The lowest BCUT2D eigenvalue weighted by atomic mass is 9.92. The van der Waals surface area contributed by atoms with Crippen molar-refractivity contribution in [1.82, 2.24) is 0 Å². The fourth-order valence-corrected chi connectivity index (χ4v) is 2.10. The van der Waals surface area contributed by atoms with Gasteiger partial charge in [0.25, 0.3) is 0 Å². The van der Waals surface area contributed by atoms with Gasteiger partial charge in [-0.15, -0.1) is 0 Å². The fourth-order valence-electron chi connectivity index (χ4n) is 2.10. The number of hydrogen-bond donors (Lipinski definition) is 0. The van der Waals surface area contributed by atoms with E-state index in [4.69, 9.17) is 9.47 Å². The van der Waals surface area contributed by atoms with Crippen LogP contribution >= 0.6 is 0 Å². The Bertz CT molecular complexity index is 478. The molecule has 1 rings (SSSR count). The highest BCUT2D eigenvalue weighted by atomic mass is 16.6. The van der Waals surface area contributed by atoms with Crippen LogP contribution in [-0.2, 0) is 30.3 Å². The van der Waals surface area contributed by atoms with Crippen LogP contribution in [0.3, 0.4) is 0 Å². The van der Waals surface area contributed by atoms with Gasteiger partial charge in [0.15, 0.2) is 0 Å². The molecule has 4 heteroatoms. The van der Waals surface area contributed by atoms with Gasteiger partial charge in [0.05, 0.1) is 0 Å². The lowest BCUT2D eigenvalue weighted by Gasteiger charge is -2.28. The molecule has 0 saturated heterocycles. The van der Waals surface area contributed by atoms with Crippen LogP contribution in [0, 0.1) is 0 Å². The molecule has 0 fully saturated rings. The second-order valence-corrected chi connectivity index (χ2v) is 6.25. The van der Waals surface area contributed by atoms with Crippen molar-refractivity contribution in [2.75, 3.05) is 0 Å². The molecular weight excluding hydrogens is 280 g/mol. The Balaban J connectivity index is 2.94. The van der Waals surface area contributed by atoms with E-state index in [1.807, 2.05) is 52.0 Å². The Morgan fingerprint density at radius 2 is 1.05 bits per heavy atom. The van der Waals surface area contributed by atoms with E-state index < -0.39 is 11.2 Å². The van der Waals surface area contributed by atoms with Crippen molar-refractivity contribution in [1.29, 1.82) is 0 Å². The molecular formula is C18H26O4. The molecule has 0 aliphatic heterocycles. The Hall–Kier alpha value is -1.84. The van der Waals surface area contributed by atoms with Gasteiger partial charge in [-0.1, -0.05) is 38.1 Å². The molecule has 0 N–H and O–H groups in total. The summed E-state index contributed by atoms with van der Waals surface area (Å²) in [7, 11) is 0. The third-order valence-electron chi connectivity index (χ3n) is 3.59. The maximum absolute atomic E-state index is 11.5. The highest BCUT2D eigenvalue weighted by Gasteiger charge is 2.28. The molecule has 0 unspecified atom stereocenters. The van der Waals surface area contributed by atoms with Crippen molar-refractivity contribution >= 4 is 11.9 Å². The van der Waals surface area contributed by atoms with Crippen LogP contribution < -0.4 is 0 Å². The number of ether oxygens (including phenoxy) is 2. The molecule has 0 saturated carbocycles. The van der Waals surface area contributed by atoms with Crippen molar-refractivity contribution < 1.29 is 19.1 Å². The Morgan fingerprint density at radius 1 is 0.773 bits per heavy atom. The molecule has 0 bridgehead atoms. The van der Waals surface area contributed by atoms with Crippen LogP contribution in [0.5, 0.6) is 0 Å². The van der Waals surface area contributed by atoms with E-state index in [1.54, 1.807) is 13.8 Å². The fraction of sp³-hybridized carbons (Fsp3) is 0.556. The normalized spacial score (nSPS) is 11.9. The summed E-state index contributed by atoms with van der Waals surface area (Å²) in [5, 5.41) is 0. The van der Waals surface area contributed by atoms with Gasteiger partial charge in [0.2, 0.25) is 0 Å². The molecule has 1 aromatic rings. The van der Waals surface area contributed by atoms with Gasteiger partial charge < -0.3 is 9.47 Å². The van der Waals surface area contributed by atoms with E-state index in [0.29, 0.717) is 12.8 Å². The van der Waals surface area contributed by atoms with Crippen LogP contribution in [0.2, 0.25) is 0 Å². The molecule has 122 valence electrons. The van der Waals surface area contributed by atoms with Crippen LogP contribution in [-0.4, -0.2) is 11.9 Å². The molecule has 0 heterocycles. The van der Waals surface area contributed by atoms with Crippen LogP contribution in [0.4, 0.5) is 0 Å². The Kier molecular flexibility index (Phi) is 5.75. The Labute approximate surface area is 132 Å². The topological polar surface area (TPSA) is 52.6 Å². The van der Waals surface area contributed by atoms with E-state index in [1.165, 1.54) is 0 Å². The average Bonchev–Trinajstić information content (AvgIpc) is 2.46. The first-order valence-electron chi connectivity index (χ1n) is 7.67. The molecule has 22 heavy (non-hydrogen) atoms. The molecule has 0 amide bonds. The molecule has 0 aromatic heterocycles. The minimum atomic E-state index is -0.685. The highest BCUT2D eigenvalue weighted by Crippen LogP contribution is 2.30. The van der Waals surface area contributed by atoms with Crippen molar-refractivity contribution in [3.8, 4) is 0 Å². The third kappa shape index (κ3) is 4.58. The zero-order chi connectivity index (χ0) is 17.0. The first kappa shape index (κ1) is 18.2. The van der Waals surface area contributed by atoms with Crippen LogP contribution in [0.15, 0.2) is 24.3 Å². The van der Waals surface area contributed by atoms with E-state index in [-0.39, 0.29) is 11.9 Å². The third-order valence-corrected chi connectivity index (χ3v) is 3.59. The monoisotopic (exact) mass is 306 g/mol. The number of carbonyl (C=O) groups excluding carboxylic acids is 2. The first-order chi connectivity index (χ1) is 10.1. The molecule has 4 nitrogen and oxygen atoms in total. The van der Waals surface area contributed by atoms with Crippen molar-refractivity contribution in [3.63, 3.8) is 0 Å². The number of carbonyl (C=O) groups is 2. The van der Waals surface area contributed by atoms with E-state index in [2.05, 4.69) is 0 Å². The smallest absolute Gasteiger partial charge is 0.306 e. The molecule has 0 radical (unpaired) electrons. The zero-order valence-corrected chi connectivity index (χ0v) is 14.4. The number of benzene rings is 1. The molecule has 1 aromatic carbocycles. The maximum Gasteiger partial charge on any atom is 0.306 e. The summed E-state index contributed by atoms with van der Waals surface area (Å²) in [5.41, 5.74) is 0.428. The minimum absolute atomic E-state index is 0.230. The quantitative estimate of drug-likeness (QED) is 0.744. The average molecular weight is 306 g/mol. The SMILES string of the molecule is CCC(=O)OC(C)(C)c1ccc(C(C)(C)OC(=O)CC)cc1. The van der Waals surface area contributed by atoms with E-state index in [9.17, 15) is 9.59 Å². The van der Waals surface area contributed by atoms with E-state index in [0.717, 1.165) is 11.1 Å². The summed E-state index contributed by atoms with van der Waals surface area (Å²) in [4.78, 5) is 23.0. The first-order valence-corrected chi connectivity index (χ1v) is 7.67. The standard InChI is InChI=1S/C18H26O4/c1-7-15(19)21-17(3,4)13-9-11-14(12-10-13)18(5,6)22-16(20)8-2/h9-12H,7-8H2,1-6H3. The summed E-state index contributed by atoms with van der Waals surface area (Å²) >= 11 is 0. The predicted octanol–water partition coefficient (Wildman–Crippen LogP) is 4.06. The summed E-state index contributed by atoms with van der Waals surface area (Å²) in [6, 6.07) is 7.61. The van der Waals surface area contributed by atoms with Gasteiger partial charge in [-0.05, 0) is 38.8 Å². The van der Waals surface area contributed by atoms with Crippen molar-refractivity contribution in [2.45, 2.75) is 65.6 Å². The summed E-state index contributed by atoms with van der Waals surface area (Å²) in [6.45, 7) is 11.0. The molecule has 0 aliphatic carbocycles. The molecule has 0 atom stereocenters. The predicted molar refractivity (Wildman–Crippen MR) is 85.3 cm³/mol. The highest BCUT2D eigenvalue weighted by molar-refractivity contribution is 5.70. The number of hydrogen-bond acceptors (Lipinski definition) is 4. The lowest BCUT2D eigenvalue weighted by molar-refractivity contribution is -0.158. The largest absolute Gasteiger partial charge is 0.455 e. The second kappa shape index (κ2) is 6.95. The van der Waals surface area contributed by atoms with Crippen LogP contribution in [0.1, 0.15) is 65.5 Å². The summed E-state index contributed by atoms with van der Waals surface area (Å²) in [6.07, 6.45) is 0.697. The molecule has 0 spiro atoms. The lowest BCUT2D eigenvalue weighted by Crippen LogP contribution is -2.27. The van der Waals surface area contributed by atoms with Crippen molar-refractivity contribution in [2.24, 2.45) is 0 Å². The van der Waals surface area contributed by atoms with Crippen LogP contribution in [0.25, 0.3) is 0 Å². The maximum atomic E-state index is 11.5. The number of rotatable bonds is 6. The zero-order valence-electron chi connectivity index (χ0n) is 14.4. The van der Waals surface area contributed by atoms with Gasteiger partial charge in [-0.3, -0.25) is 9.59 Å². The van der Waals surface area contributed by atoms with Gasteiger partial charge >= 0.3 is 11.9 Å². The number of esters is 2. The van der Waals surface area contributed by atoms with Gasteiger partial charge in [-0.2, -0.15) is 0 Å². The van der Waals surface area contributed by atoms with Gasteiger partial charge in [-0.25, -0.2) is 0 Å². The van der Waals surface area contributed by atoms with Gasteiger partial charge in [0, 0.05) is 12.8 Å². The van der Waals surface area contributed by atoms with Gasteiger partial charge in [0.1, 0.15) is 11.2 Å². The molecule has 0 aliphatic rings. The minimum Gasteiger partial charge on any atom is -0.455 e. The Morgan fingerprint density at radius 3 is 1.27 bits per heavy atom. The summed E-state index contributed by atoms with van der Waals surface area (Å²) in [5.74, 6) is -0.461.